The average Bonchev–Trinajstić information content (AvgIpc) is 4.02. The molecule has 8 rings (SSSR count). The molecule has 65 heavy (non-hydrogen) atoms. The van der Waals surface area contributed by atoms with Crippen molar-refractivity contribution in [3.63, 3.8) is 0 Å². The second-order valence-corrected chi connectivity index (χ2v) is 20.6. The molecule has 0 saturated carbocycles. The van der Waals surface area contributed by atoms with Crippen LogP contribution in [0.5, 0.6) is 28.7 Å². The van der Waals surface area contributed by atoms with E-state index in [1.165, 1.54) is 60.3 Å². The van der Waals surface area contributed by atoms with Gasteiger partial charge < -0.3 is 33.5 Å². The van der Waals surface area contributed by atoms with Crippen LogP contribution in [0.25, 0.3) is 0 Å². The van der Waals surface area contributed by atoms with Gasteiger partial charge in [0.2, 0.25) is 20.0 Å². The second kappa shape index (κ2) is 21.2. The largest absolute Gasteiger partial charge is 0.497 e. The maximum Gasteiger partial charge on any atom is 0.246 e. The van der Waals surface area contributed by atoms with Crippen molar-refractivity contribution in [2.24, 2.45) is 0 Å². The quantitative estimate of drug-likeness (QED) is 0.106. The number of aromatic nitrogens is 2. The summed E-state index contributed by atoms with van der Waals surface area (Å²) in [5.74, 6) is 2.50. The zero-order valence-electron chi connectivity index (χ0n) is 37.3. The fourth-order valence-electron chi connectivity index (χ4n) is 7.59. The van der Waals surface area contributed by atoms with Crippen molar-refractivity contribution in [3.05, 3.63) is 124 Å². The van der Waals surface area contributed by atoms with Crippen LogP contribution in [0.2, 0.25) is 0 Å². The van der Waals surface area contributed by atoms with E-state index in [4.69, 9.17) is 33.7 Å². The average molecular weight is 963 g/mol. The van der Waals surface area contributed by atoms with Gasteiger partial charge in [-0.05, 0) is 48.4 Å². The molecule has 6 aromatic rings. The summed E-state index contributed by atoms with van der Waals surface area (Å²) in [4.78, 5) is 14.2. The zero-order valence-corrected chi connectivity index (χ0v) is 40.6. The van der Waals surface area contributed by atoms with E-state index in [0.29, 0.717) is 70.3 Å². The Hall–Kier alpha value is -5.44. The topological polar surface area (TPSA) is 153 Å². The molecule has 15 nitrogen and oxygen atoms in total. The minimum absolute atomic E-state index is 0.146. The van der Waals surface area contributed by atoms with Gasteiger partial charge in [-0.3, -0.25) is 0 Å². The number of nitrogens with zero attached hydrogens (tertiary/aromatic N) is 6. The highest BCUT2D eigenvalue weighted by Crippen LogP contribution is 2.34. The lowest BCUT2D eigenvalue weighted by molar-refractivity contribution is 0.369. The summed E-state index contributed by atoms with van der Waals surface area (Å²) < 4.78 is 82.3. The van der Waals surface area contributed by atoms with Crippen LogP contribution in [0, 0.1) is 6.92 Å². The first-order valence-corrected chi connectivity index (χ1v) is 25.5. The zero-order chi connectivity index (χ0) is 46.1. The molecule has 0 atom stereocenters. The van der Waals surface area contributed by atoms with Crippen molar-refractivity contribution in [2.75, 3.05) is 97.7 Å². The number of sulfonamides is 2. The number of piperazine rings is 2. The maximum atomic E-state index is 13.2. The van der Waals surface area contributed by atoms with Crippen LogP contribution in [0.1, 0.15) is 28.1 Å². The van der Waals surface area contributed by atoms with Crippen LogP contribution in [-0.4, -0.2) is 123 Å². The van der Waals surface area contributed by atoms with Crippen molar-refractivity contribution < 1.29 is 40.5 Å². The third kappa shape index (κ3) is 11.0. The third-order valence-corrected chi connectivity index (χ3v) is 17.0. The van der Waals surface area contributed by atoms with Gasteiger partial charge in [0.05, 0.1) is 46.9 Å². The molecule has 0 radical (unpaired) electrons. The Balaban J connectivity index is 0.000000194. The van der Waals surface area contributed by atoms with Crippen molar-refractivity contribution in [1.29, 1.82) is 0 Å². The first-order chi connectivity index (χ1) is 31.4. The Kier molecular flexibility index (Phi) is 15.5. The lowest BCUT2D eigenvalue weighted by atomic mass is 10.1. The number of benzene rings is 4. The lowest BCUT2D eigenvalue weighted by Crippen LogP contribution is -2.48. The van der Waals surface area contributed by atoms with Crippen molar-refractivity contribution in [3.8, 4) is 28.7 Å². The lowest BCUT2D eigenvalue weighted by Gasteiger charge is -2.34. The SMILES string of the molecule is COc1ccc(S(=O)(=O)N2CCN(c3nc(Cc4ccccc4C)cs3)CC2)c(OC)c1.COc1ccc(S(=O)(=O)N2CCN(c3nc(Cc4ccccc4OC)cs3)CC2)c(OC)c1. The van der Waals surface area contributed by atoms with Gasteiger partial charge >= 0.3 is 0 Å². The Morgan fingerprint density at radius 1 is 0.508 bits per heavy atom. The van der Waals surface area contributed by atoms with Crippen LogP contribution in [-0.2, 0) is 32.9 Å². The predicted octanol–water partition coefficient (Wildman–Crippen LogP) is 6.84. The summed E-state index contributed by atoms with van der Waals surface area (Å²) in [6, 6.07) is 25.8. The molecule has 19 heteroatoms. The van der Waals surface area contributed by atoms with Gasteiger partial charge in [0.1, 0.15) is 38.5 Å². The molecule has 0 unspecified atom stereocenters. The molecule has 2 aliphatic heterocycles. The standard InChI is InChI=1S/C23H27N3O5S2.C23H27N3O4S2/c1-29-19-8-9-22(21(15-19)31-3)33(27,28)26-12-10-25(11-13-26)23-24-18(16-32-23)14-17-6-4-5-7-20(17)30-2;1-17-6-4-5-7-18(17)14-19-16-31-23(24-19)25-10-12-26(13-11-25)32(27,28)22-9-8-20(29-2)15-21(22)30-3/h4-9,15-16H,10-14H2,1-3H3;4-9,15-16H,10-14H2,1-3H3. The van der Waals surface area contributed by atoms with E-state index < -0.39 is 20.0 Å². The molecule has 346 valence electrons. The summed E-state index contributed by atoms with van der Waals surface area (Å²) in [5.41, 5.74) is 5.62. The highest BCUT2D eigenvalue weighted by atomic mass is 32.2. The normalized spacial score (nSPS) is 14.9. The minimum atomic E-state index is -3.68. The molecule has 2 aromatic heterocycles. The number of para-hydroxylation sites is 1. The molecule has 0 bridgehead atoms. The smallest absolute Gasteiger partial charge is 0.246 e. The van der Waals surface area contributed by atoms with E-state index in [-0.39, 0.29) is 21.3 Å². The summed E-state index contributed by atoms with van der Waals surface area (Å²) in [6.45, 7) is 5.97. The summed E-state index contributed by atoms with van der Waals surface area (Å²) in [7, 11) is 0.299. The number of hydrogen-bond acceptors (Lipinski definition) is 15. The van der Waals surface area contributed by atoms with E-state index in [9.17, 15) is 16.8 Å². The number of anilines is 2. The van der Waals surface area contributed by atoms with Crippen LogP contribution < -0.4 is 33.5 Å². The molecular weight excluding hydrogens is 909 g/mol. The number of ether oxygens (including phenoxy) is 5. The van der Waals surface area contributed by atoms with Crippen LogP contribution >= 0.6 is 22.7 Å². The number of methoxy groups -OCH3 is 5. The van der Waals surface area contributed by atoms with Gasteiger partial charge in [0, 0.05) is 93.7 Å². The highest BCUT2D eigenvalue weighted by Gasteiger charge is 2.33. The number of aryl methyl sites for hydroxylation is 1. The highest BCUT2D eigenvalue weighted by molar-refractivity contribution is 7.89. The second-order valence-electron chi connectivity index (χ2n) is 15.2. The Labute approximate surface area is 389 Å². The van der Waals surface area contributed by atoms with Crippen molar-refractivity contribution in [1.82, 2.24) is 18.6 Å². The minimum Gasteiger partial charge on any atom is -0.497 e. The summed E-state index contributed by atoms with van der Waals surface area (Å²) in [5, 5.41) is 5.98. The molecule has 2 saturated heterocycles. The molecular formula is C46H54N6O9S4. The Morgan fingerprint density at radius 3 is 1.35 bits per heavy atom. The first-order valence-electron chi connectivity index (χ1n) is 20.9. The molecule has 0 aliphatic carbocycles. The van der Waals surface area contributed by atoms with Gasteiger partial charge in [-0.15, -0.1) is 22.7 Å². The predicted molar refractivity (Wildman–Crippen MR) is 255 cm³/mol. The summed E-state index contributed by atoms with van der Waals surface area (Å²) >= 11 is 3.19. The fraction of sp³-hybridized carbons (Fsp3) is 0.348. The van der Waals surface area contributed by atoms with Crippen molar-refractivity contribution >= 4 is 53.0 Å². The van der Waals surface area contributed by atoms with Gasteiger partial charge in [-0.1, -0.05) is 42.5 Å². The third-order valence-electron chi connectivity index (χ3n) is 11.3. The summed E-state index contributed by atoms with van der Waals surface area (Å²) in [6.07, 6.45) is 1.49. The van der Waals surface area contributed by atoms with Crippen LogP contribution in [0.4, 0.5) is 10.3 Å². The maximum absolute atomic E-state index is 13.2. The van der Waals surface area contributed by atoms with Crippen molar-refractivity contribution in [2.45, 2.75) is 29.6 Å². The van der Waals surface area contributed by atoms with Gasteiger partial charge in [0.15, 0.2) is 10.3 Å². The number of rotatable bonds is 15. The van der Waals surface area contributed by atoms with E-state index in [1.807, 2.05) is 41.8 Å². The van der Waals surface area contributed by atoms with Gasteiger partial charge in [-0.2, -0.15) is 8.61 Å². The molecule has 0 N–H and O–H groups in total. The molecule has 0 spiro atoms. The number of hydrogen-bond donors (Lipinski definition) is 0. The Morgan fingerprint density at radius 2 is 0.923 bits per heavy atom. The molecule has 0 amide bonds. The molecule has 2 aliphatic rings. The van der Waals surface area contributed by atoms with Gasteiger partial charge in [-0.25, -0.2) is 26.8 Å². The Bertz CT molecular complexity index is 2770. The monoisotopic (exact) mass is 962 g/mol. The number of thiazole rings is 2. The van der Waals surface area contributed by atoms with Gasteiger partial charge in [0.25, 0.3) is 0 Å². The van der Waals surface area contributed by atoms with Crippen LogP contribution in [0.3, 0.4) is 0 Å². The molecule has 4 aromatic carbocycles. The fourth-order valence-corrected chi connectivity index (χ4v) is 12.5. The van der Waals surface area contributed by atoms with E-state index >= 15 is 0 Å². The van der Waals surface area contributed by atoms with E-state index in [1.54, 1.807) is 54.0 Å². The van der Waals surface area contributed by atoms with E-state index in [0.717, 1.165) is 39.4 Å². The molecule has 4 heterocycles. The molecule has 2 fully saturated rings. The van der Waals surface area contributed by atoms with Crippen LogP contribution in [0.15, 0.2) is 105 Å². The first kappa shape index (κ1) is 47.5. The van der Waals surface area contributed by atoms with E-state index in [2.05, 4.69) is 34.2 Å².